The maximum Gasteiger partial charge on any atom is 0.335 e. The Balaban J connectivity index is 1.39. The third kappa shape index (κ3) is 6.47. The monoisotopic (exact) mass is 476 g/mol. The molecule has 1 atom stereocenters. The molecule has 0 aliphatic carbocycles. The van der Waals surface area contributed by atoms with Gasteiger partial charge in [-0.3, -0.25) is 9.78 Å². The number of carboxylic acid groups (broad SMARTS) is 1. The highest BCUT2D eigenvalue weighted by Crippen LogP contribution is 2.30. The largest absolute Gasteiger partial charge is 0.490 e. The first kappa shape index (κ1) is 24.0. The zero-order valence-corrected chi connectivity index (χ0v) is 19.5. The quantitative estimate of drug-likeness (QED) is 0.479. The fraction of sp³-hybridized carbons (Fsp3) is 0.308. The van der Waals surface area contributed by atoms with Crippen LogP contribution in [0.5, 0.6) is 11.5 Å². The molecule has 3 aromatic rings. The Morgan fingerprint density at radius 2 is 1.97 bits per heavy atom. The van der Waals surface area contributed by atoms with Crippen molar-refractivity contribution in [3.05, 3.63) is 72.1 Å². The van der Waals surface area contributed by atoms with Crippen LogP contribution < -0.4 is 19.7 Å². The van der Waals surface area contributed by atoms with Crippen LogP contribution in [0.15, 0.2) is 60.9 Å². The van der Waals surface area contributed by atoms with Crippen LogP contribution in [0.3, 0.4) is 0 Å². The second kappa shape index (κ2) is 11.3. The van der Waals surface area contributed by atoms with Gasteiger partial charge in [0.1, 0.15) is 11.9 Å². The second-order valence-electron chi connectivity index (χ2n) is 8.20. The number of anilines is 2. The topological polar surface area (TPSA) is 114 Å². The normalized spacial score (nSPS) is 15.3. The Bertz CT molecular complexity index is 1190. The molecular formula is C26H28N4O5. The first-order valence-electron chi connectivity index (χ1n) is 11.6. The van der Waals surface area contributed by atoms with Crippen LogP contribution in [0, 0.1) is 0 Å². The number of nitrogens with one attached hydrogen (secondary N) is 1. The zero-order chi connectivity index (χ0) is 24.6. The maximum absolute atomic E-state index is 12.5. The van der Waals surface area contributed by atoms with Gasteiger partial charge < -0.3 is 24.8 Å². The highest BCUT2D eigenvalue weighted by atomic mass is 16.5. The summed E-state index contributed by atoms with van der Waals surface area (Å²) in [5, 5.41) is 11.9. The van der Waals surface area contributed by atoms with E-state index < -0.39 is 5.97 Å². The van der Waals surface area contributed by atoms with E-state index in [0.29, 0.717) is 30.4 Å². The maximum atomic E-state index is 12.5. The van der Waals surface area contributed by atoms with E-state index in [1.54, 1.807) is 18.3 Å². The SMILES string of the molecule is CCOc1ccccc1OC1CCCN(c2cncc(NC(=O)Cc3cccc(C(=O)O)c3)n2)C1. The lowest BCUT2D eigenvalue weighted by Gasteiger charge is -2.33. The van der Waals surface area contributed by atoms with E-state index in [0.717, 1.165) is 30.9 Å². The van der Waals surface area contributed by atoms with Gasteiger partial charge in [-0.2, -0.15) is 0 Å². The number of aromatic carboxylic acids is 1. The summed E-state index contributed by atoms with van der Waals surface area (Å²) < 4.78 is 11.9. The number of amides is 1. The Labute approximate surface area is 203 Å². The van der Waals surface area contributed by atoms with Crippen LogP contribution in [0.4, 0.5) is 11.6 Å². The Kier molecular flexibility index (Phi) is 7.77. The van der Waals surface area contributed by atoms with Crippen molar-refractivity contribution in [2.24, 2.45) is 0 Å². The molecule has 1 saturated heterocycles. The van der Waals surface area contributed by atoms with Crippen molar-refractivity contribution >= 4 is 23.5 Å². The van der Waals surface area contributed by atoms with Gasteiger partial charge in [-0.15, -0.1) is 0 Å². The smallest absolute Gasteiger partial charge is 0.335 e. The summed E-state index contributed by atoms with van der Waals surface area (Å²) in [5.41, 5.74) is 0.748. The standard InChI is InChI=1S/C26H28N4O5/c1-2-34-21-10-3-4-11-22(21)35-20-9-6-12-30(17-20)24-16-27-15-23(28-24)29-25(31)14-18-7-5-8-19(13-18)26(32)33/h3-5,7-8,10-11,13,15-16,20H,2,6,9,12,14,17H2,1H3,(H,32,33)(H,28,29,31). The molecule has 0 bridgehead atoms. The molecule has 2 heterocycles. The Morgan fingerprint density at radius 1 is 1.14 bits per heavy atom. The fourth-order valence-electron chi connectivity index (χ4n) is 4.00. The van der Waals surface area contributed by atoms with Crippen molar-refractivity contribution in [3.8, 4) is 11.5 Å². The average Bonchev–Trinajstić information content (AvgIpc) is 2.86. The number of carboxylic acids is 1. The molecule has 35 heavy (non-hydrogen) atoms. The van der Waals surface area contributed by atoms with Crippen LogP contribution in [-0.2, 0) is 11.2 Å². The molecule has 0 saturated carbocycles. The Morgan fingerprint density at radius 3 is 2.77 bits per heavy atom. The first-order valence-corrected chi connectivity index (χ1v) is 11.6. The number of piperidine rings is 1. The van der Waals surface area contributed by atoms with Gasteiger partial charge >= 0.3 is 5.97 Å². The minimum absolute atomic E-state index is 0.0336. The molecule has 182 valence electrons. The number of rotatable bonds is 9. The number of carbonyl (C=O) groups is 2. The minimum Gasteiger partial charge on any atom is -0.490 e. The van der Waals surface area contributed by atoms with Crippen LogP contribution in [0.1, 0.15) is 35.7 Å². The number of benzene rings is 2. The molecule has 0 radical (unpaired) electrons. The summed E-state index contributed by atoms with van der Waals surface area (Å²) >= 11 is 0. The molecule has 1 unspecified atom stereocenters. The average molecular weight is 477 g/mol. The second-order valence-corrected chi connectivity index (χ2v) is 8.20. The van der Waals surface area contributed by atoms with Crippen LogP contribution in [-0.4, -0.2) is 52.8 Å². The van der Waals surface area contributed by atoms with Crippen molar-refractivity contribution in [2.75, 3.05) is 29.9 Å². The van der Waals surface area contributed by atoms with Gasteiger partial charge in [0, 0.05) is 6.54 Å². The number of nitrogens with zero attached hydrogens (tertiary/aromatic N) is 3. The molecule has 1 aliphatic rings. The predicted molar refractivity (Wildman–Crippen MR) is 131 cm³/mol. The molecule has 9 nitrogen and oxygen atoms in total. The predicted octanol–water partition coefficient (Wildman–Crippen LogP) is 3.80. The lowest BCUT2D eigenvalue weighted by molar-refractivity contribution is -0.115. The third-order valence-corrected chi connectivity index (χ3v) is 5.57. The van der Waals surface area contributed by atoms with E-state index in [-0.39, 0.29) is 24.0 Å². The molecule has 4 rings (SSSR count). The Hall–Kier alpha value is -4.14. The van der Waals surface area contributed by atoms with Gasteiger partial charge in [-0.25, -0.2) is 9.78 Å². The van der Waals surface area contributed by atoms with Crippen molar-refractivity contribution in [1.82, 2.24) is 9.97 Å². The summed E-state index contributed by atoms with van der Waals surface area (Å²) in [4.78, 5) is 34.6. The summed E-state index contributed by atoms with van der Waals surface area (Å²) in [6.45, 7) is 3.95. The molecule has 2 aromatic carbocycles. The fourth-order valence-corrected chi connectivity index (χ4v) is 4.00. The minimum atomic E-state index is -1.03. The van der Waals surface area contributed by atoms with E-state index >= 15 is 0 Å². The van der Waals surface area contributed by atoms with Crippen LogP contribution in [0.25, 0.3) is 0 Å². The zero-order valence-electron chi connectivity index (χ0n) is 19.5. The van der Waals surface area contributed by atoms with Gasteiger partial charge in [0.15, 0.2) is 17.3 Å². The molecule has 1 aliphatic heterocycles. The number of aromatic nitrogens is 2. The van der Waals surface area contributed by atoms with Gasteiger partial charge in [0.2, 0.25) is 5.91 Å². The van der Waals surface area contributed by atoms with Gasteiger partial charge in [0.25, 0.3) is 0 Å². The molecular weight excluding hydrogens is 448 g/mol. The van der Waals surface area contributed by atoms with Crippen LogP contribution >= 0.6 is 0 Å². The van der Waals surface area contributed by atoms with Crippen molar-refractivity contribution in [3.63, 3.8) is 0 Å². The van der Waals surface area contributed by atoms with Gasteiger partial charge in [-0.05, 0) is 49.6 Å². The molecule has 1 aromatic heterocycles. The summed E-state index contributed by atoms with van der Waals surface area (Å²) in [7, 11) is 0. The van der Waals surface area contributed by atoms with Crippen LogP contribution in [0.2, 0.25) is 0 Å². The van der Waals surface area contributed by atoms with Gasteiger partial charge in [-0.1, -0.05) is 24.3 Å². The first-order chi connectivity index (χ1) is 17.0. The summed E-state index contributed by atoms with van der Waals surface area (Å²) in [6.07, 6.45) is 5.00. The van der Waals surface area contributed by atoms with E-state index in [1.165, 1.54) is 18.3 Å². The highest BCUT2D eigenvalue weighted by Gasteiger charge is 2.24. The van der Waals surface area contributed by atoms with Crippen molar-refractivity contribution < 1.29 is 24.2 Å². The molecule has 1 amide bonds. The molecule has 0 spiro atoms. The van der Waals surface area contributed by atoms with Crippen molar-refractivity contribution in [1.29, 1.82) is 0 Å². The molecule has 2 N–H and O–H groups in total. The molecule has 1 fully saturated rings. The lowest BCUT2D eigenvalue weighted by atomic mass is 10.1. The summed E-state index contributed by atoms with van der Waals surface area (Å²) in [5.74, 6) is 1.11. The van der Waals surface area contributed by atoms with E-state index in [2.05, 4.69) is 20.2 Å². The van der Waals surface area contributed by atoms with Crippen molar-refractivity contribution in [2.45, 2.75) is 32.3 Å². The highest BCUT2D eigenvalue weighted by molar-refractivity contribution is 5.92. The third-order valence-electron chi connectivity index (χ3n) is 5.57. The summed E-state index contributed by atoms with van der Waals surface area (Å²) in [6, 6.07) is 14.0. The number of carbonyl (C=O) groups excluding carboxylic acids is 1. The molecule has 9 heteroatoms. The van der Waals surface area contributed by atoms with E-state index in [1.807, 2.05) is 31.2 Å². The number of para-hydroxylation sites is 2. The van der Waals surface area contributed by atoms with Gasteiger partial charge in [0.05, 0.1) is 37.5 Å². The number of hydrogen-bond donors (Lipinski definition) is 2. The number of ether oxygens (including phenoxy) is 2. The van der Waals surface area contributed by atoms with E-state index in [4.69, 9.17) is 14.6 Å². The number of hydrogen-bond acceptors (Lipinski definition) is 7. The lowest BCUT2D eigenvalue weighted by Crippen LogP contribution is -2.41. The van der Waals surface area contributed by atoms with E-state index in [9.17, 15) is 9.59 Å².